The molecule has 3 heterocycles. The van der Waals surface area contributed by atoms with Crippen LogP contribution in [0.1, 0.15) is 18.9 Å². The maximum Gasteiger partial charge on any atom is 0.259 e. The van der Waals surface area contributed by atoms with Gasteiger partial charge < -0.3 is 20.0 Å². The summed E-state index contributed by atoms with van der Waals surface area (Å²) in [7, 11) is 0. The largest absolute Gasteiger partial charge is 0.493 e. The molecule has 0 radical (unpaired) electrons. The number of piperazine rings is 1. The first-order valence-electron chi connectivity index (χ1n) is 10.8. The topological polar surface area (TPSA) is 98.9 Å². The standard InChI is InChI=1S/C23H26N6O2/c1-2-9-31-21-4-3-15(13-29-7-5-24-6-8-29)10-17(21)22-27-18-12-20-19(25-14-26-20)11-16(18)23(30)28-22/h3-4,10-12,14,24H,2,5-9,13H2,1H3,(H,25,26)(H,27,28,30). The van der Waals surface area contributed by atoms with Crippen molar-refractivity contribution in [3.8, 4) is 17.1 Å². The highest BCUT2D eigenvalue weighted by Gasteiger charge is 2.16. The number of aromatic nitrogens is 4. The van der Waals surface area contributed by atoms with Gasteiger partial charge in [-0.15, -0.1) is 0 Å². The monoisotopic (exact) mass is 418 g/mol. The Hall–Kier alpha value is -3.23. The molecule has 31 heavy (non-hydrogen) atoms. The van der Waals surface area contributed by atoms with Crippen LogP contribution in [0.3, 0.4) is 0 Å². The molecule has 0 amide bonds. The number of nitrogens with one attached hydrogen (secondary N) is 3. The van der Waals surface area contributed by atoms with E-state index in [4.69, 9.17) is 9.72 Å². The molecular weight excluding hydrogens is 392 g/mol. The first kappa shape index (κ1) is 19.7. The van der Waals surface area contributed by atoms with Gasteiger partial charge in [0, 0.05) is 32.7 Å². The summed E-state index contributed by atoms with van der Waals surface area (Å²) in [5.41, 5.74) is 4.02. The molecule has 2 aromatic carbocycles. The van der Waals surface area contributed by atoms with Crippen molar-refractivity contribution in [3.05, 3.63) is 52.6 Å². The van der Waals surface area contributed by atoms with Gasteiger partial charge in [-0.05, 0) is 36.2 Å². The second-order valence-electron chi connectivity index (χ2n) is 7.91. The number of benzene rings is 2. The third-order valence-corrected chi connectivity index (χ3v) is 5.62. The van der Waals surface area contributed by atoms with E-state index in [0.717, 1.165) is 61.5 Å². The molecule has 2 aromatic heterocycles. The van der Waals surface area contributed by atoms with Crippen LogP contribution in [0.2, 0.25) is 0 Å². The van der Waals surface area contributed by atoms with Gasteiger partial charge in [0.05, 0.1) is 40.4 Å². The van der Waals surface area contributed by atoms with Gasteiger partial charge in [0.1, 0.15) is 11.6 Å². The van der Waals surface area contributed by atoms with Gasteiger partial charge in [-0.3, -0.25) is 9.69 Å². The van der Waals surface area contributed by atoms with Crippen molar-refractivity contribution < 1.29 is 4.74 Å². The highest BCUT2D eigenvalue weighted by Crippen LogP contribution is 2.30. The zero-order valence-electron chi connectivity index (χ0n) is 17.6. The summed E-state index contributed by atoms with van der Waals surface area (Å²) in [5, 5.41) is 3.92. The molecule has 8 nitrogen and oxygen atoms in total. The van der Waals surface area contributed by atoms with Crippen LogP contribution in [0.25, 0.3) is 33.3 Å². The highest BCUT2D eigenvalue weighted by atomic mass is 16.5. The number of fused-ring (bicyclic) bond motifs is 2. The SMILES string of the molecule is CCCOc1ccc(CN2CCNCC2)cc1-c1nc2cc3nc[nH]c3cc2c(=O)[nH]1. The van der Waals surface area contributed by atoms with Crippen molar-refractivity contribution in [2.75, 3.05) is 32.8 Å². The normalized spacial score (nSPS) is 15.0. The Morgan fingerprint density at radius 1 is 1.13 bits per heavy atom. The van der Waals surface area contributed by atoms with E-state index in [9.17, 15) is 4.79 Å². The van der Waals surface area contributed by atoms with Crippen molar-refractivity contribution in [1.29, 1.82) is 0 Å². The molecule has 160 valence electrons. The number of aromatic amines is 2. The smallest absolute Gasteiger partial charge is 0.259 e. The van der Waals surface area contributed by atoms with Crippen LogP contribution < -0.4 is 15.6 Å². The average Bonchev–Trinajstić information content (AvgIpc) is 3.25. The van der Waals surface area contributed by atoms with Gasteiger partial charge in [-0.2, -0.15) is 0 Å². The maximum absolute atomic E-state index is 12.9. The fraction of sp³-hybridized carbons (Fsp3) is 0.348. The number of imidazole rings is 1. The zero-order chi connectivity index (χ0) is 21.2. The zero-order valence-corrected chi connectivity index (χ0v) is 17.6. The first-order valence-corrected chi connectivity index (χ1v) is 10.8. The minimum Gasteiger partial charge on any atom is -0.493 e. The van der Waals surface area contributed by atoms with Gasteiger partial charge >= 0.3 is 0 Å². The van der Waals surface area contributed by atoms with Crippen molar-refractivity contribution in [2.24, 2.45) is 0 Å². The summed E-state index contributed by atoms with van der Waals surface area (Å²) < 4.78 is 5.99. The molecule has 0 unspecified atom stereocenters. The average molecular weight is 419 g/mol. The summed E-state index contributed by atoms with van der Waals surface area (Å²) in [4.78, 5) is 30.4. The molecule has 0 bridgehead atoms. The fourth-order valence-electron chi connectivity index (χ4n) is 4.02. The van der Waals surface area contributed by atoms with Gasteiger partial charge in [0.15, 0.2) is 0 Å². The van der Waals surface area contributed by atoms with Crippen LogP contribution >= 0.6 is 0 Å². The Morgan fingerprint density at radius 3 is 2.84 bits per heavy atom. The number of ether oxygens (including phenoxy) is 1. The predicted molar refractivity (Wildman–Crippen MR) is 121 cm³/mol. The molecule has 1 aliphatic rings. The first-order chi connectivity index (χ1) is 15.2. The summed E-state index contributed by atoms with van der Waals surface area (Å²) in [5.74, 6) is 1.25. The minimum absolute atomic E-state index is 0.176. The Morgan fingerprint density at radius 2 is 2.00 bits per heavy atom. The van der Waals surface area contributed by atoms with E-state index >= 15 is 0 Å². The molecule has 0 saturated carbocycles. The van der Waals surface area contributed by atoms with Crippen LogP contribution in [0, 0.1) is 0 Å². The number of rotatable bonds is 6. The van der Waals surface area contributed by atoms with Crippen molar-refractivity contribution in [2.45, 2.75) is 19.9 Å². The number of hydrogen-bond donors (Lipinski definition) is 3. The lowest BCUT2D eigenvalue weighted by atomic mass is 10.1. The summed E-state index contributed by atoms with van der Waals surface area (Å²) >= 11 is 0. The van der Waals surface area contributed by atoms with Crippen LogP contribution in [-0.2, 0) is 6.54 Å². The van der Waals surface area contributed by atoms with Crippen LogP contribution in [0.5, 0.6) is 5.75 Å². The minimum atomic E-state index is -0.176. The van der Waals surface area contributed by atoms with E-state index in [1.165, 1.54) is 5.56 Å². The van der Waals surface area contributed by atoms with E-state index < -0.39 is 0 Å². The van der Waals surface area contributed by atoms with Crippen molar-refractivity contribution >= 4 is 21.9 Å². The lowest BCUT2D eigenvalue weighted by Crippen LogP contribution is -2.42. The van der Waals surface area contributed by atoms with Crippen molar-refractivity contribution in [3.63, 3.8) is 0 Å². The van der Waals surface area contributed by atoms with E-state index in [0.29, 0.717) is 23.3 Å². The summed E-state index contributed by atoms with van der Waals surface area (Å²) in [6.45, 7) is 7.59. The molecule has 0 atom stereocenters. The molecule has 5 rings (SSSR count). The molecule has 1 saturated heterocycles. The Labute approximate surface area is 179 Å². The van der Waals surface area contributed by atoms with Gasteiger partial charge in [0.2, 0.25) is 0 Å². The highest BCUT2D eigenvalue weighted by molar-refractivity contribution is 5.93. The van der Waals surface area contributed by atoms with Crippen LogP contribution in [0.15, 0.2) is 41.5 Å². The number of H-pyrrole nitrogens is 2. The van der Waals surface area contributed by atoms with E-state index in [-0.39, 0.29) is 5.56 Å². The van der Waals surface area contributed by atoms with Gasteiger partial charge in [-0.1, -0.05) is 13.0 Å². The fourth-order valence-corrected chi connectivity index (χ4v) is 4.02. The molecule has 0 aliphatic carbocycles. The lowest BCUT2D eigenvalue weighted by molar-refractivity contribution is 0.233. The second-order valence-corrected chi connectivity index (χ2v) is 7.91. The van der Waals surface area contributed by atoms with Crippen LogP contribution in [0.4, 0.5) is 0 Å². The van der Waals surface area contributed by atoms with Gasteiger partial charge in [-0.25, -0.2) is 9.97 Å². The summed E-state index contributed by atoms with van der Waals surface area (Å²) in [6.07, 6.45) is 2.52. The molecule has 8 heteroatoms. The predicted octanol–water partition coefficient (Wildman–Crippen LogP) is 2.66. The number of nitrogens with zero attached hydrogens (tertiary/aromatic N) is 3. The molecular formula is C23H26N6O2. The molecule has 1 fully saturated rings. The quantitative estimate of drug-likeness (QED) is 0.445. The van der Waals surface area contributed by atoms with E-state index in [2.05, 4.69) is 44.2 Å². The van der Waals surface area contributed by atoms with E-state index in [1.54, 1.807) is 12.4 Å². The molecule has 4 aromatic rings. The Bertz CT molecular complexity index is 1270. The third-order valence-electron chi connectivity index (χ3n) is 5.62. The van der Waals surface area contributed by atoms with Crippen molar-refractivity contribution in [1.82, 2.24) is 30.2 Å². The Kier molecular flexibility index (Phi) is 5.40. The molecule has 3 N–H and O–H groups in total. The third kappa shape index (κ3) is 4.04. The Balaban J connectivity index is 1.58. The molecule has 0 spiro atoms. The summed E-state index contributed by atoms with van der Waals surface area (Å²) in [6, 6.07) is 9.82. The lowest BCUT2D eigenvalue weighted by Gasteiger charge is -2.27. The van der Waals surface area contributed by atoms with E-state index in [1.807, 2.05) is 12.1 Å². The second kappa shape index (κ2) is 8.49. The molecule has 1 aliphatic heterocycles. The van der Waals surface area contributed by atoms with Crippen LogP contribution in [-0.4, -0.2) is 57.6 Å². The number of hydrogen-bond acceptors (Lipinski definition) is 6. The maximum atomic E-state index is 12.9. The van der Waals surface area contributed by atoms with Gasteiger partial charge in [0.25, 0.3) is 5.56 Å².